The van der Waals surface area contributed by atoms with Crippen molar-refractivity contribution in [3.05, 3.63) is 5.69 Å². The Morgan fingerprint density at radius 3 is 2.67 bits per heavy atom. The van der Waals surface area contributed by atoms with Gasteiger partial charge in [0.25, 0.3) is 0 Å². The van der Waals surface area contributed by atoms with Gasteiger partial charge in [-0.2, -0.15) is 5.10 Å². The number of hydrogen-bond acceptors (Lipinski definition) is 3. The van der Waals surface area contributed by atoms with Crippen LogP contribution in [0, 0.1) is 12.3 Å². The Kier molecular flexibility index (Phi) is 2.40. The molecular formula is C13H21N5. The van der Waals surface area contributed by atoms with Crippen molar-refractivity contribution in [1.82, 2.24) is 19.3 Å². The fourth-order valence-corrected chi connectivity index (χ4v) is 3.28. The standard InChI is InChI=1S/C13H21N5/c1-9-10-11(17(3)16-9)18(12(14)15-10)8-13(2)6-4-5-7-13/h4-8H2,1-3H3,(H2,14,15). The lowest BCUT2D eigenvalue weighted by Crippen LogP contribution is -2.21. The predicted octanol–water partition coefficient (Wildman–Crippen LogP) is 2.24. The highest BCUT2D eigenvalue weighted by Crippen LogP contribution is 2.40. The number of anilines is 1. The molecule has 18 heavy (non-hydrogen) atoms. The minimum atomic E-state index is 0.361. The van der Waals surface area contributed by atoms with Crippen LogP contribution in [0.15, 0.2) is 0 Å². The summed E-state index contributed by atoms with van der Waals surface area (Å²) in [4.78, 5) is 4.46. The molecule has 2 aromatic heterocycles. The third-order valence-electron chi connectivity index (χ3n) is 4.27. The lowest BCUT2D eigenvalue weighted by atomic mass is 9.89. The summed E-state index contributed by atoms with van der Waals surface area (Å²) in [5.41, 5.74) is 9.39. The second kappa shape index (κ2) is 3.73. The summed E-state index contributed by atoms with van der Waals surface area (Å²) in [6.45, 7) is 5.29. The molecule has 1 aliphatic carbocycles. The van der Waals surface area contributed by atoms with Crippen LogP contribution in [-0.2, 0) is 13.6 Å². The average molecular weight is 247 g/mol. The Labute approximate surface area is 107 Å². The molecule has 0 aromatic carbocycles. The first-order valence-corrected chi connectivity index (χ1v) is 6.65. The fraction of sp³-hybridized carbons (Fsp3) is 0.692. The van der Waals surface area contributed by atoms with E-state index in [2.05, 4.69) is 21.6 Å². The van der Waals surface area contributed by atoms with Crippen LogP contribution in [0.4, 0.5) is 5.95 Å². The number of rotatable bonds is 2. The number of nitrogen functional groups attached to an aromatic ring is 1. The monoisotopic (exact) mass is 247 g/mol. The highest BCUT2D eigenvalue weighted by molar-refractivity contribution is 5.77. The summed E-state index contributed by atoms with van der Waals surface area (Å²) in [7, 11) is 1.96. The van der Waals surface area contributed by atoms with E-state index in [1.165, 1.54) is 25.7 Å². The molecule has 1 aliphatic rings. The zero-order valence-electron chi connectivity index (χ0n) is 11.4. The number of nitrogens with two attached hydrogens (primary N) is 1. The fourth-order valence-electron chi connectivity index (χ4n) is 3.28. The molecule has 5 heteroatoms. The Morgan fingerprint density at radius 1 is 1.33 bits per heavy atom. The topological polar surface area (TPSA) is 61.7 Å². The molecule has 2 heterocycles. The molecule has 2 aromatic rings. The molecule has 0 amide bonds. The summed E-state index contributed by atoms with van der Waals surface area (Å²) < 4.78 is 4.03. The molecule has 0 atom stereocenters. The SMILES string of the molecule is Cc1nn(C)c2c1nc(N)n2CC1(C)CCCC1. The Bertz CT molecular complexity index is 586. The summed E-state index contributed by atoms with van der Waals surface area (Å²) in [5.74, 6) is 0.620. The van der Waals surface area contributed by atoms with Crippen molar-refractivity contribution >= 4 is 17.1 Å². The van der Waals surface area contributed by atoms with E-state index >= 15 is 0 Å². The highest BCUT2D eigenvalue weighted by Gasteiger charge is 2.31. The van der Waals surface area contributed by atoms with Gasteiger partial charge in [0.05, 0.1) is 5.69 Å². The first kappa shape index (κ1) is 11.6. The van der Waals surface area contributed by atoms with Crippen molar-refractivity contribution in [3.63, 3.8) is 0 Å². The first-order chi connectivity index (χ1) is 8.50. The molecule has 0 saturated heterocycles. The molecule has 0 unspecified atom stereocenters. The molecule has 3 rings (SSSR count). The van der Waals surface area contributed by atoms with Crippen LogP contribution in [0.25, 0.3) is 11.2 Å². The van der Waals surface area contributed by atoms with Gasteiger partial charge < -0.3 is 5.73 Å². The van der Waals surface area contributed by atoms with Gasteiger partial charge in [-0.25, -0.2) is 4.98 Å². The molecule has 0 spiro atoms. The van der Waals surface area contributed by atoms with E-state index in [0.717, 1.165) is 23.4 Å². The van der Waals surface area contributed by atoms with Gasteiger partial charge in [0, 0.05) is 13.6 Å². The van der Waals surface area contributed by atoms with Crippen LogP contribution < -0.4 is 5.73 Å². The molecule has 98 valence electrons. The number of fused-ring (bicyclic) bond motifs is 1. The van der Waals surface area contributed by atoms with Crippen molar-refractivity contribution in [2.24, 2.45) is 12.5 Å². The van der Waals surface area contributed by atoms with E-state index in [4.69, 9.17) is 5.73 Å². The number of hydrogen-bond donors (Lipinski definition) is 1. The number of aryl methyl sites for hydroxylation is 2. The van der Waals surface area contributed by atoms with Crippen molar-refractivity contribution in [2.75, 3.05) is 5.73 Å². The Hall–Kier alpha value is -1.52. The lowest BCUT2D eigenvalue weighted by molar-refractivity contribution is 0.285. The maximum Gasteiger partial charge on any atom is 0.202 e. The number of aromatic nitrogens is 4. The van der Waals surface area contributed by atoms with Crippen LogP contribution in [-0.4, -0.2) is 19.3 Å². The number of imidazole rings is 1. The zero-order valence-corrected chi connectivity index (χ0v) is 11.4. The van der Waals surface area contributed by atoms with E-state index in [9.17, 15) is 0 Å². The molecular weight excluding hydrogens is 226 g/mol. The zero-order chi connectivity index (χ0) is 12.9. The first-order valence-electron chi connectivity index (χ1n) is 6.65. The molecule has 0 aliphatic heterocycles. The molecule has 1 fully saturated rings. The molecule has 2 N–H and O–H groups in total. The van der Waals surface area contributed by atoms with Crippen LogP contribution in [0.5, 0.6) is 0 Å². The third kappa shape index (κ3) is 1.61. The quantitative estimate of drug-likeness (QED) is 0.885. The second-order valence-electron chi connectivity index (χ2n) is 5.96. The molecule has 0 radical (unpaired) electrons. The maximum atomic E-state index is 6.08. The average Bonchev–Trinajstić information content (AvgIpc) is 2.91. The van der Waals surface area contributed by atoms with Gasteiger partial charge in [0.15, 0.2) is 5.65 Å². The van der Waals surface area contributed by atoms with Gasteiger partial charge in [-0.1, -0.05) is 19.8 Å². The maximum absolute atomic E-state index is 6.08. The van der Waals surface area contributed by atoms with E-state index in [0.29, 0.717) is 11.4 Å². The van der Waals surface area contributed by atoms with Gasteiger partial charge in [-0.15, -0.1) is 0 Å². The number of nitrogens with zero attached hydrogens (tertiary/aromatic N) is 4. The minimum absolute atomic E-state index is 0.361. The van der Waals surface area contributed by atoms with Crippen LogP contribution >= 0.6 is 0 Å². The molecule has 1 saturated carbocycles. The van der Waals surface area contributed by atoms with Gasteiger partial charge in [0.1, 0.15) is 5.52 Å². The van der Waals surface area contributed by atoms with Gasteiger partial charge in [-0.05, 0) is 25.2 Å². The van der Waals surface area contributed by atoms with Crippen LogP contribution in [0.2, 0.25) is 0 Å². The summed E-state index contributed by atoms with van der Waals surface area (Å²) in [5, 5.41) is 4.43. The van der Waals surface area contributed by atoms with Gasteiger partial charge in [0.2, 0.25) is 5.95 Å². The van der Waals surface area contributed by atoms with Crippen molar-refractivity contribution in [1.29, 1.82) is 0 Å². The summed E-state index contributed by atoms with van der Waals surface area (Å²) >= 11 is 0. The van der Waals surface area contributed by atoms with E-state index < -0.39 is 0 Å². The molecule has 5 nitrogen and oxygen atoms in total. The minimum Gasteiger partial charge on any atom is -0.369 e. The lowest BCUT2D eigenvalue weighted by Gasteiger charge is -2.24. The summed E-state index contributed by atoms with van der Waals surface area (Å²) in [6, 6.07) is 0. The van der Waals surface area contributed by atoms with Crippen molar-refractivity contribution in [2.45, 2.75) is 46.1 Å². The van der Waals surface area contributed by atoms with Gasteiger partial charge in [-0.3, -0.25) is 9.25 Å². The largest absolute Gasteiger partial charge is 0.369 e. The summed E-state index contributed by atoms with van der Waals surface area (Å²) in [6.07, 6.45) is 5.23. The third-order valence-corrected chi connectivity index (χ3v) is 4.27. The van der Waals surface area contributed by atoms with Crippen molar-refractivity contribution < 1.29 is 0 Å². The molecule has 0 bridgehead atoms. The van der Waals surface area contributed by atoms with E-state index in [1.54, 1.807) is 0 Å². The van der Waals surface area contributed by atoms with Gasteiger partial charge >= 0.3 is 0 Å². The van der Waals surface area contributed by atoms with Crippen LogP contribution in [0.3, 0.4) is 0 Å². The Morgan fingerprint density at radius 2 is 2.00 bits per heavy atom. The normalized spacial score (nSPS) is 18.8. The van der Waals surface area contributed by atoms with Crippen molar-refractivity contribution in [3.8, 4) is 0 Å². The van der Waals surface area contributed by atoms with Crippen LogP contribution in [0.1, 0.15) is 38.3 Å². The highest BCUT2D eigenvalue weighted by atomic mass is 15.3. The Balaban J connectivity index is 2.08. The van der Waals surface area contributed by atoms with E-state index in [-0.39, 0.29) is 0 Å². The van der Waals surface area contributed by atoms with E-state index in [1.807, 2.05) is 18.7 Å². The predicted molar refractivity (Wildman–Crippen MR) is 72.2 cm³/mol. The second-order valence-corrected chi connectivity index (χ2v) is 5.96. The smallest absolute Gasteiger partial charge is 0.202 e.